The smallest absolute Gasteiger partial charge is 0.229 e. The lowest BCUT2D eigenvalue weighted by molar-refractivity contribution is 0.607. The van der Waals surface area contributed by atoms with Crippen molar-refractivity contribution in [2.24, 2.45) is 0 Å². The Morgan fingerprint density at radius 1 is 1.32 bits per heavy atom. The van der Waals surface area contributed by atoms with Crippen molar-refractivity contribution < 1.29 is 8.42 Å². The number of benzene rings is 1. The van der Waals surface area contributed by atoms with Crippen LogP contribution in [-0.2, 0) is 10.0 Å². The number of nitrogens with one attached hydrogen (secondary N) is 2. The van der Waals surface area contributed by atoms with Crippen molar-refractivity contribution in [1.29, 1.82) is 0 Å². The summed E-state index contributed by atoms with van der Waals surface area (Å²) in [5.74, 6) is 0. The fourth-order valence-electron chi connectivity index (χ4n) is 1.65. The largest absolute Gasteiger partial charge is 0.378 e. The first kappa shape index (κ1) is 13.8. The second-order valence-corrected chi connectivity index (χ2v) is 6.89. The van der Waals surface area contributed by atoms with Crippen molar-refractivity contribution in [2.75, 3.05) is 16.3 Å². The average Bonchev–Trinajstić information content (AvgIpc) is 2.80. The summed E-state index contributed by atoms with van der Waals surface area (Å²) >= 11 is 1.58. The first-order chi connectivity index (χ1) is 8.94. The third-order valence-corrected chi connectivity index (χ3v) is 3.99. The Morgan fingerprint density at radius 3 is 2.68 bits per heavy atom. The molecule has 0 fully saturated rings. The summed E-state index contributed by atoms with van der Waals surface area (Å²) in [7, 11) is -3.25. The van der Waals surface area contributed by atoms with E-state index >= 15 is 0 Å². The Bertz CT molecular complexity index is 639. The maximum Gasteiger partial charge on any atom is 0.229 e. The van der Waals surface area contributed by atoms with Gasteiger partial charge < -0.3 is 5.32 Å². The van der Waals surface area contributed by atoms with E-state index in [0.29, 0.717) is 5.69 Å². The van der Waals surface area contributed by atoms with Gasteiger partial charge in [0.2, 0.25) is 10.0 Å². The van der Waals surface area contributed by atoms with Crippen LogP contribution in [-0.4, -0.2) is 19.7 Å². The van der Waals surface area contributed by atoms with Gasteiger partial charge in [0, 0.05) is 16.8 Å². The van der Waals surface area contributed by atoms with Gasteiger partial charge in [0.1, 0.15) is 0 Å². The second kappa shape index (κ2) is 5.58. The van der Waals surface area contributed by atoms with Gasteiger partial charge >= 0.3 is 0 Å². The summed E-state index contributed by atoms with van der Waals surface area (Å²) in [6.45, 7) is 2.03. The minimum Gasteiger partial charge on any atom is -0.378 e. The van der Waals surface area contributed by atoms with Crippen LogP contribution in [0.2, 0.25) is 0 Å². The molecular weight excluding hydrogens is 282 g/mol. The zero-order valence-corrected chi connectivity index (χ0v) is 12.3. The highest BCUT2D eigenvalue weighted by atomic mass is 32.2. The molecule has 0 saturated carbocycles. The summed E-state index contributed by atoms with van der Waals surface area (Å²) in [5, 5.41) is 3.31. The van der Waals surface area contributed by atoms with E-state index in [9.17, 15) is 8.42 Å². The second-order valence-electron chi connectivity index (χ2n) is 4.22. The predicted octanol–water partition coefficient (Wildman–Crippen LogP) is 2.69. The fourth-order valence-corrected chi connectivity index (χ4v) is 2.83. The van der Waals surface area contributed by atoms with Crippen molar-refractivity contribution in [2.45, 2.75) is 13.0 Å². The van der Waals surface area contributed by atoms with Crippen molar-refractivity contribution >= 4 is 32.7 Å². The van der Waals surface area contributed by atoms with E-state index in [1.807, 2.05) is 19.2 Å². The van der Waals surface area contributed by atoms with E-state index in [1.54, 1.807) is 35.0 Å². The van der Waals surface area contributed by atoms with Gasteiger partial charge in [-0.1, -0.05) is 6.07 Å². The summed E-state index contributed by atoms with van der Waals surface area (Å²) in [6.07, 6.45) is 2.95. The molecule has 5 nitrogen and oxygen atoms in total. The minimum absolute atomic E-state index is 0.126. The van der Waals surface area contributed by atoms with E-state index in [4.69, 9.17) is 0 Å². The van der Waals surface area contributed by atoms with Crippen LogP contribution in [0.4, 0.5) is 11.4 Å². The third-order valence-electron chi connectivity index (χ3n) is 2.43. The molecule has 1 unspecified atom stereocenters. The summed E-state index contributed by atoms with van der Waals surface area (Å²) in [5.41, 5.74) is 3.19. The molecule has 0 spiro atoms. The first-order valence-electron chi connectivity index (χ1n) is 5.67. The standard InChI is InChI=1S/C12H15N3O2S2/c1-9(12-7-13-8-18-12)14-10-4-3-5-11(6-10)15-19(2,16)17/h3-9,14-15H,1-2H3. The highest BCUT2D eigenvalue weighted by Crippen LogP contribution is 2.23. The Balaban J connectivity index is 2.11. The van der Waals surface area contributed by atoms with E-state index in [1.165, 1.54) is 0 Å². The molecule has 7 heteroatoms. The number of nitrogens with zero attached hydrogens (tertiary/aromatic N) is 1. The Hall–Kier alpha value is -1.60. The van der Waals surface area contributed by atoms with Crippen LogP contribution in [0.5, 0.6) is 0 Å². The lowest BCUT2D eigenvalue weighted by Crippen LogP contribution is -2.10. The van der Waals surface area contributed by atoms with E-state index in [0.717, 1.165) is 16.8 Å². The third kappa shape index (κ3) is 4.22. The quantitative estimate of drug-likeness (QED) is 0.890. The van der Waals surface area contributed by atoms with Crippen LogP contribution >= 0.6 is 11.3 Å². The summed E-state index contributed by atoms with van der Waals surface area (Å²) in [4.78, 5) is 5.16. The summed E-state index contributed by atoms with van der Waals surface area (Å²) in [6, 6.07) is 7.29. The van der Waals surface area contributed by atoms with Crippen LogP contribution in [0.15, 0.2) is 36.0 Å². The molecule has 2 aromatic rings. The van der Waals surface area contributed by atoms with Crippen LogP contribution in [0, 0.1) is 0 Å². The predicted molar refractivity (Wildman–Crippen MR) is 79.1 cm³/mol. The van der Waals surface area contributed by atoms with Gasteiger partial charge in [-0.3, -0.25) is 9.71 Å². The number of anilines is 2. The molecule has 0 aliphatic heterocycles. The zero-order valence-electron chi connectivity index (χ0n) is 10.6. The normalized spacial score (nSPS) is 12.9. The van der Waals surface area contributed by atoms with Crippen LogP contribution in [0.1, 0.15) is 17.8 Å². The van der Waals surface area contributed by atoms with E-state index < -0.39 is 10.0 Å². The Morgan fingerprint density at radius 2 is 2.05 bits per heavy atom. The van der Waals surface area contributed by atoms with E-state index in [2.05, 4.69) is 15.0 Å². The van der Waals surface area contributed by atoms with Gasteiger partial charge in [-0.2, -0.15) is 0 Å². The number of aromatic nitrogens is 1. The van der Waals surface area contributed by atoms with Gasteiger partial charge in [0.05, 0.1) is 23.5 Å². The number of hydrogen-bond donors (Lipinski definition) is 2. The maximum absolute atomic E-state index is 11.2. The number of thiazole rings is 1. The molecule has 1 heterocycles. The van der Waals surface area contributed by atoms with Gasteiger partial charge in [0.25, 0.3) is 0 Å². The van der Waals surface area contributed by atoms with Crippen molar-refractivity contribution in [3.8, 4) is 0 Å². The molecule has 1 aromatic heterocycles. The molecule has 0 amide bonds. The number of sulfonamides is 1. The lowest BCUT2D eigenvalue weighted by Gasteiger charge is -2.14. The van der Waals surface area contributed by atoms with Gasteiger partial charge in [0.15, 0.2) is 0 Å². The molecule has 0 aliphatic rings. The van der Waals surface area contributed by atoms with Crippen LogP contribution in [0.3, 0.4) is 0 Å². The molecule has 0 saturated heterocycles. The SMILES string of the molecule is CC(Nc1cccc(NS(C)(=O)=O)c1)c1cncs1. The monoisotopic (exact) mass is 297 g/mol. The molecular formula is C12H15N3O2S2. The van der Waals surface area contributed by atoms with Gasteiger partial charge in [-0.05, 0) is 25.1 Å². The highest BCUT2D eigenvalue weighted by molar-refractivity contribution is 7.92. The number of rotatable bonds is 5. The van der Waals surface area contributed by atoms with Crippen LogP contribution in [0.25, 0.3) is 0 Å². The molecule has 1 aromatic carbocycles. The van der Waals surface area contributed by atoms with Gasteiger partial charge in [-0.15, -0.1) is 11.3 Å². The highest BCUT2D eigenvalue weighted by Gasteiger charge is 2.08. The number of hydrogen-bond acceptors (Lipinski definition) is 5. The first-order valence-corrected chi connectivity index (χ1v) is 8.44. The zero-order chi connectivity index (χ0) is 13.9. The lowest BCUT2D eigenvalue weighted by atomic mass is 10.2. The molecule has 102 valence electrons. The fraction of sp³-hybridized carbons (Fsp3) is 0.250. The molecule has 0 bridgehead atoms. The van der Waals surface area contributed by atoms with Crippen molar-refractivity contribution in [1.82, 2.24) is 4.98 Å². The topological polar surface area (TPSA) is 71.1 Å². The Labute approximate surface area is 116 Å². The average molecular weight is 297 g/mol. The molecule has 0 radical (unpaired) electrons. The van der Waals surface area contributed by atoms with Crippen molar-refractivity contribution in [3.63, 3.8) is 0 Å². The van der Waals surface area contributed by atoms with Gasteiger partial charge in [-0.25, -0.2) is 8.42 Å². The molecule has 2 rings (SSSR count). The van der Waals surface area contributed by atoms with Crippen LogP contribution < -0.4 is 10.0 Å². The summed E-state index contributed by atoms with van der Waals surface area (Å²) < 4.78 is 24.8. The maximum atomic E-state index is 11.2. The molecule has 0 aliphatic carbocycles. The minimum atomic E-state index is -3.25. The Kier molecular flexibility index (Phi) is 4.06. The molecule has 2 N–H and O–H groups in total. The molecule has 19 heavy (non-hydrogen) atoms. The molecule has 1 atom stereocenters. The van der Waals surface area contributed by atoms with Crippen molar-refractivity contribution in [3.05, 3.63) is 40.8 Å². The van der Waals surface area contributed by atoms with E-state index in [-0.39, 0.29) is 6.04 Å².